The second-order valence-electron chi connectivity index (χ2n) is 19.9. The Bertz CT molecular complexity index is 4090. The van der Waals surface area contributed by atoms with Gasteiger partial charge in [0.1, 0.15) is 0 Å². The highest BCUT2D eigenvalue weighted by Crippen LogP contribution is 2.58. The van der Waals surface area contributed by atoms with Crippen LogP contribution < -0.4 is 0 Å². The van der Waals surface area contributed by atoms with Gasteiger partial charge in [0.2, 0.25) is 0 Å². The third-order valence-corrected chi connectivity index (χ3v) is 15.7. The molecule has 0 aromatic heterocycles. The lowest BCUT2D eigenvalue weighted by atomic mass is 9.78. The zero-order valence-electron chi connectivity index (χ0n) is 37.6. The van der Waals surface area contributed by atoms with E-state index in [1.807, 2.05) is 0 Å². The first kappa shape index (κ1) is 37.6. The Morgan fingerprint density at radius 2 is 0.561 bits per heavy atom. The average molecular weight is 839 g/mol. The van der Waals surface area contributed by atoms with Crippen molar-refractivity contribution in [3.05, 3.63) is 229 Å². The van der Waals surface area contributed by atoms with Crippen LogP contribution in [-0.2, 0) is 10.8 Å². The van der Waals surface area contributed by atoms with Crippen molar-refractivity contribution in [1.29, 1.82) is 0 Å². The average Bonchev–Trinajstić information content (AvgIpc) is 3.75. The number of rotatable bonds is 3. The van der Waals surface area contributed by atoms with Crippen molar-refractivity contribution < 1.29 is 0 Å². The second-order valence-corrected chi connectivity index (χ2v) is 19.9. The highest BCUT2D eigenvalue weighted by molar-refractivity contribution is 6.24. The molecule has 0 fully saturated rings. The molecule has 0 unspecified atom stereocenters. The van der Waals surface area contributed by atoms with Gasteiger partial charge >= 0.3 is 0 Å². The summed E-state index contributed by atoms with van der Waals surface area (Å²) < 4.78 is 0. The molecule has 66 heavy (non-hydrogen) atoms. The zero-order valence-corrected chi connectivity index (χ0v) is 37.6. The van der Waals surface area contributed by atoms with Crippen molar-refractivity contribution in [2.75, 3.05) is 0 Å². The minimum atomic E-state index is -0.167. The van der Waals surface area contributed by atoms with Crippen LogP contribution >= 0.6 is 0 Å². The maximum Gasteiger partial charge on any atom is 0.0165 e. The maximum absolute atomic E-state index is 2.53. The Hall–Kier alpha value is -7.80. The largest absolute Gasteiger partial charge is 0.0622 e. The molecule has 0 amide bonds. The van der Waals surface area contributed by atoms with Gasteiger partial charge < -0.3 is 0 Å². The van der Waals surface area contributed by atoms with Crippen LogP contribution in [0.3, 0.4) is 0 Å². The van der Waals surface area contributed by atoms with Gasteiger partial charge in [-0.1, -0.05) is 216 Å². The minimum absolute atomic E-state index is 0.163. The third kappa shape index (κ3) is 4.94. The number of fused-ring (bicyclic) bond motifs is 18. The molecule has 0 heteroatoms. The molecule has 0 radical (unpaired) electrons. The summed E-state index contributed by atoms with van der Waals surface area (Å²) in [5, 5.41) is 15.7. The van der Waals surface area contributed by atoms with Gasteiger partial charge in [-0.15, -0.1) is 0 Å². The third-order valence-electron chi connectivity index (χ3n) is 15.7. The van der Waals surface area contributed by atoms with Crippen LogP contribution in [0.15, 0.2) is 206 Å². The van der Waals surface area contributed by atoms with Crippen LogP contribution in [-0.4, -0.2) is 0 Å². The van der Waals surface area contributed by atoms with Gasteiger partial charge in [0.05, 0.1) is 0 Å². The zero-order chi connectivity index (χ0) is 44.1. The maximum atomic E-state index is 2.53. The second kappa shape index (κ2) is 13.4. The first-order chi connectivity index (χ1) is 32.3. The molecule has 0 saturated carbocycles. The van der Waals surface area contributed by atoms with Crippen molar-refractivity contribution in [1.82, 2.24) is 0 Å². The normalized spacial score (nSPS) is 14.3. The smallest absolute Gasteiger partial charge is 0.0165 e. The van der Waals surface area contributed by atoms with Gasteiger partial charge in [-0.2, -0.15) is 0 Å². The van der Waals surface area contributed by atoms with Crippen molar-refractivity contribution in [3.63, 3.8) is 0 Å². The summed E-state index contributed by atoms with van der Waals surface area (Å²) in [6, 6.07) is 78.2. The standard InChI is InChI=1S/C66H46/c1-65(2)57-34-31-41(37-55(57)61-47-24-12-8-20-43(47)45-22-10-16-28-52(45)63(61)65)59-49-26-14-15-27-50(49)60(54-36-40(30-33-51(54)59)39-18-6-5-7-19-39)42-32-35-58-56(38-42)62-48-25-13-9-21-44(48)46-23-11-17-29-53(46)64(62)66(58,3)4/h5-38H,1-4H3. The van der Waals surface area contributed by atoms with E-state index < -0.39 is 0 Å². The fourth-order valence-corrected chi connectivity index (χ4v) is 12.9. The van der Waals surface area contributed by atoms with Crippen molar-refractivity contribution >= 4 is 64.6 Å². The van der Waals surface area contributed by atoms with E-state index >= 15 is 0 Å². The van der Waals surface area contributed by atoms with Gasteiger partial charge in [-0.25, -0.2) is 0 Å². The molecule has 310 valence electrons. The lowest BCUT2D eigenvalue weighted by molar-refractivity contribution is 0.666. The van der Waals surface area contributed by atoms with Crippen molar-refractivity contribution in [2.45, 2.75) is 38.5 Å². The van der Waals surface area contributed by atoms with Gasteiger partial charge in [-0.3, -0.25) is 0 Å². The van der Waals surface area contributed by atoms with Crippen LogP contribution in [0.4, 0.5) is 0 Å². The van der Waals surface area contributed by atoms with Crippen LogP contribution in [0, 0.1) is 0 Å². The van der Waals surface area contributed by atoms with Crippen LogP contribution in [0.5, 0.6) is 0 Å². The predicted octanol–water partition coefficient (Wildman–Crippen LogP) is 18.2. The summed E-state index contributed by atoms with van der Waals surface area (Å²) in [5.74, 6) is 0. The first-order valence-electron chi connectivity index (χ1n) is 23.5. The first-order valence-corrected chi connectivity index (χ1v) is 23.5. The predicted molar refractivity (Wildman–Crippen MR) is 283 cm³/mol. The topological polar surface area (TPSA) is 0 Å². The summed E-state index contributed by atoms with van der Waals surface area (Å²) in [6.45, 7) is 9.69. The van der Waals surface area contributed by atoms with E-state index in [4.69, 9.17) is 0 Å². The quantitative estimate of drug-likeness (QED) is 0.123. The Kier molecular flexibility index (Phi) is 7.61. The van der Waals surface area contributed by atoms with Crippen molar-refractivity contribution in [2.24, 2.45) is 0 Å². The summed E-state index contributed by atoms with van der Waals surface area (Å²) >= 11 is 0. The Balaban J connectivity index is 1.07. The van der Waals surface area contributed by atoms with E-state index in [1.54, 1.807) is 0 Å². The molecule has 0 aliphatic heterocycles. The van der Waals surface area contributed by atoms with Gasteiger partial charge in [0, 0.05) is 10.8 Å². The highest BCUT2D eigenvalue weighted by Gasteiger charge is 2.40. The van der Waals surface area contributed by atoms with Gasteiger partial charge in [0.25, 0.3) is 0 Å². The summed E-state index contributed by atoms with van der Waals surface area (Å²) in [6.07, 6.45) is 0. The molecule has 12 aromatic carbocycles. The van der Waals surface area contributed by atoms with E-state index in [-0.39, 0.29) is 10.8 Å². The van der Waals surface area contributed by atoms with Crippen LogP contribution in [0.1, 0.15) is 49.9 Å². The van der Waals surface area contributed by atoms with Crippen LogP contribution in [0.2, 0.25) is 0 Å². The van der Waals surface area contributed by atoms with Crippen LogP contribution in [0.25, 0.3) is 120 Å². The molecular formula is C66H46. The minimum Gasteiger partial charge on any atom is -0.0622 e. The van der Waals surface area contributed by atoms with Gasteiger partial charge in [0.15, 0.2) is 0 Å². The molecular weight excluding hydrogens is 793 g/mol. The molecule has 0 bridgehead atoms. The molecule has 2 aliphatic carbocycles. The monoisotopic (exact) mass is 838 g/mol. The fraction of sp³-hybridized carbons (Fsp3) is 0.0909. The molecule has 0 spiro atoms. The Morgan fingerprint density at radius 1 is 0.227 bits per heavy atom. The number of hydrogen-bond donors (Lipinski definition) is 0. The SMILES string of the molecule is CC1(C)c2ccc(-c3c4ccccc4c(-c4ccc5c(c4)-c4c(c6ccccc6c6ccccc46)C5(C)C)c4cc(-c5ccccc5)ccc34)cc2-c2c1c1ccccc1c1ccccc21. The number of benzene rings is 12. The van der Waals surface area contributed by atoms with E-state index in [1.165, 1.54) is 143 Å². The summed E-state index contributed by atoms with van der Waals surface area (Å²) in [5.41, 5.74) is 18.3. The molecule has 0 heterocycles. The summed E-state index contributed by atoms with van der Waals surface area (Å²) in [7, 11) is 0. The van der Waals surface area contributed by atoms with E-state index in [9.17, 15) is 0 Å². The van der Waals surface area contributed by atoms with Gasteiger partial charge in [-0.05, 0) is 161 Å². The van der Waals surface area contributed by atoms with Crippen molar-refractivity contribution in [3.8, 4) is 55.6 Å². The van der Waals surface area contributed by atoms with E-state index in [2.05, 4.69) is 234 Å². The van der Waals surface area contributed by atoms with E-state index in [0.717, 1.165) is 0 Å². The number of hydrogen-bond acceptors (Lipinski definition) is 0. The molecule has 0 nitrogen and oxygen atoms in total. The Morgan fingerprint density at radius 3 is 1.02 bits per heavy atom. The summed E-state index contributed by atoms with van der Waals surface area (Å²) in [4.78, 5) is 0. The lowest BCUT2D eigenvalue weighted by Gasteiger charge is -2.24. The molecule has 14 rings (SSSR count). The molecule has 0 atom stereocenters. The molecule has 0 saturated heterocycles. The highest BCUT2D eigenvalue weighted by atomic mass is 14.4. The lowest BCUT2D eigenvalue weighted by Crippen LogP contribution is -2.15. The Labute approximate surface area is 385 Å². The molecule has 2 aliphatic rings. The van der Waals surface area contributed by atoms with E-state index in [0.29, 0.717) is 0 Å². The fourth-order valence-electron chi connectivity index (χ4n) is 12.9. The molecule has 12 aromatic rings. The molecule has 0 N–H and O–H groups in total.